The molecular formula is C10H22ClP. The number of hydrogen-bond acceptors (Lipinski definition) is 0. The lowest BCUT2D eigenvalue weighted by Gasteiger charge is -2.09. The molecule has 1 fully saturated rings. The van der Waals surface area contributed by atoms with E-state index in [0.717, 1.165) is 11.6 Å². The second kappa shape index (κ2) is 7.15. The molecule has 0 N–H and O–H groups in total. The average Bonchev–Trinajstić information content (AvgIpc) is 2.39. The third-order valence-corrected chi connectivity index (χ3v) is 4.24. The zero-order valence-corrected chi connectivity index (χ0v) is 10.1. The van der Waals surface area contributed by atoms with Gasteiger partial charge in [-0.3, -0.25) is 0 Å². The van der Waals surface area contributed by atoms with Crippen molar-refractivity contribution in [2.75, 3.05) is 6.16 Å². The SMILES string of the molecule is CC(C)CCPC1CCCC1.Cl. The van der Waals surface area contributed by atoms with Crippen molar-refractivity contribution in [2.45, 2.75) is 51.6 Å². The van der Waals surface area contributed by atoms with Crippen molar-refractivity contribution in [3.05, 3.63) is 0 Å². The molecule has 1 unspecified atom stereocenters. The average molecular weight is 209 g/mol. The molecule has 12 heavy (non-hydrogen) atoms. The molecule has 0 saturated heterocycles. The van der Waals surface area contributed by atoms with Gasteiger partial charge in [0.25, 0.3) is 0 Å². The molecular weight excluding hydrogens is 187 g/mol. The van der Waals surface area contributed by atoms with Gasteiger partial charge in [0, 0.05) is 0 Å². The van der Waals surface area contributed by atoms with E-state index in [9.17, 15) is 0 Å². The molecule has 0 amide bonds. The highest BCUT2D eigenvalue weighted by Crippen LogP contribution is 2.34. The summed E-state index contributed by atoms with van der Waals surface area (Å²) >= 11 is 0. The van der Waals surface area contributed by atoms with Crippen molar-refractivity contribution < 1.29 is 0 Å². The van der Waals surface area contributed by atoms with E-state index in [1.165, 1.54) is 46.8 Å². The largest absolute Gasteiger partial charge is 0.147 e. The van der Waals surface area contributed by atoms with E-state index in [4.69, 9.17) is 0 Å². The molecule has 0 aromatic heterocycles. The Hall–Kier alpha value is 0.720. The van der Waals surface area contributed by atoms with E-state index in [-0.39, 0.29) is 12.4 Å². The molecule has 1 rings (SSSR count). The van der Waals surface area contributed by atoms with Crippen molar-refractivity contribution in [1.82, 2.24) is 0 Å². The maximum Gasteiger partial charge on any atom is -0.0237 e. The van der Waals surface area contributed by atoms with Crippen LogP contribution in [0.4, 0.5) is 0 Å². The Morgan fingerprint density at radius 1 is 1.25 bits per heavy atom. The molecule has 0 heterocycles. The lowest BCUT2D eigenvalue weighted by atomic mass is 10.2. The maximum atomic E-state index is 2.33. The summed E-state index contributed by atoms with van der Waals surface area (Å²) in [6, 6.07) is 0. The predicted octanol–water partition coefficient (Wildman–Crippen LogP) is 4.08. The van der Waals surface area contributed by atoms with Crippen LogP contribution in [0, 0.1) is 5.92 Å². The van der Waals surface area contributed by atoms with Gasteiger partial charge in [0.15, 0.2) is 0 Å². The van der Waals surface area contributed by atoms with Gasteiger partial charge < -0.3 is 0 Å². The fourth-order valence-corrected chi connectivity index (χ4v) is 3.67. The molecule has 0 aliphatic heterocycles. The second-order valence-corrected chi connectivity index (χ2v) is 5.84. The number of hydrogen-bond donors (Lipinski definition) is 0. The van der Waals surface area contributed by atoms with Crippen LogP contribution >= 0.6 is 21.0 Å². The van der Waals surface area contributed by atoms with Crippen molar-refractivity contribution in [1.29, 1.82) is 0 Å². The molecule has 74 valence electrons. The van der Waals surface area contributed by atoms with Crippen LogP contribution in [0.15, 0.2) is 0 Å². The van der Waals surface area contributed by atoms with Gasteiger partial charge in [0.2, 0.25) is 0 Å². The van der Waals surface area contributed by atoms with Crippen LogP contribution in [-0.4, -0.2) is 11.8 Å². The smallest absolute Gasteiger partial charge is 0.0237 e. The predicted molar refractivity (Wildman–Crippen MR) is 62.1 cm³/mol. The quantitative estimate of drug-likeness (QED) is 0.611. The van der Waals surface area contributed by atoms with Crippen LogP contribution in [0.2, 0.25) is 0 Å². The summed E-state index contributed by atoms with van der Waals surface area (Å²) in [4.78, 5) is 0. The van der Waals surface area contributed by atoms with E-state index in [1.54, 1.807) is 0 Å². The van der Waals surface area contributed by atoms with Gasteiger partial charge in [-0.05, 0) is 37.0 Å². The van der Waals surface area contributed by atoms with Crippen LogP contribution < -0.4 is 0 Å². The summed E-state index contributed by atoms with van der Waals surface area (Å²) < 4.78 is 0. The van der Waals surface area contributed by atoms with Crippen LogP contribution in [0.5, 0.6) is 0 Å². The minimum Gasteiger partial charge on any atom is -0.147 e. The Morgan fingerprint density at radius 3 is 2.33 bits per heavy atom. The first kappa shape index (κ1) is 12.7. The summed E-state index contributed by atoms with van der Waals surface area (Å²) in [6.07, 6.45) is 9.06. The fraction of sp³-hybridized carbons (Fsp3) is 1.00. The molecule has 1 atom stereocenters. The Kier molecular flexibility index (Phi) is 7.58. The van der Waals surface area contributed by atoms with E-state index >= 15 is 0 Å². The highest BCUT2D eigenvalue weighted by molar-refractivity contribution is 7.38. The number of rotatable bonds is 4. The van der Waals surface area contributed by atoms with E-state index < -0.39 is 0 Å². The minimum absolute atomic E-state index is 0. The lowest BCUT2D eigenvalue weighted by molar-refractivity contribution is 0.629. The zero-order valence-electron chi connectivity index (χ0n) is 8.31. The first-order valence-corrected chi connectivity index (χ1v) is 6.31. The van der Waals surface area contributed by atoms with Crippen LogP contribution in [0.1, 0.15) is 46.0 Å². The first-order valence-electron chi connectivity index (χ1n) is 5.02. The van der Waals surface area contributed by atoms with Gasteiger partial charge in [0.1, 0.15) is 0 Å². The molecule has 0 aromatic rings. The Labute approximate surface area is 85.1 Å². The lowest BCUT2D eigenvalue weighted by Crippen LogP contribution is -1.95. The second-order valence-electron chi connectivity index (χ2n) is 4.12. The van der Waals surface area contributed by atoms with Gasteiger partial charge in [-0.1, -0.05) is 26.7 Å². The van der Waals surface area contributed by atoms with Crippen LogP contribution in [-0.2, 0) is 0 Å². The molecule has 0 nitrogen and oxygen atoms in total. The molecule has 0 radical (unpaired) electrons. The molecule has 1 saturated carbocycles. The Balaban J connectivity index is 0.00000121. The van der Waals surface area contributed by atoms with Gasteiger partial charge in [-0.25, -0.2) is 0 Å². The van der Waals surface area contributed by atoms with E-state index in [0.29, 0.717) is 0 Å². The first-order chi connectivity index (χ1) is 5.29. The summed E-state index contributed by atoms with van der Waals surface area (Å²) in [5.74, 6) is 0.920. The zero-order chi connectivity index (χ0) is 8.10. The van der Waals surface area contributed by atoms with E-state index in [2.05, 4.69) is 13.8 Å². The van der Waals surface area contributed by atoms with Gasteiger partial charge in [-0.15, -0.1) is 21.0 Å². The van der Waals surface area contributed by atoms with Crippen molar-refractivity contribution >= 4 is 21.0 Å². The highest BCUT2D eigenvalue weighted by Gasteiger charge is 2.13. The number of halogens is 1. The van der Waals surface area contributed by atoms with Crippen LogP contribution in [0.3, 0.4) is 0 Å². The summed E-state index contributed by atoms with van der Waals surface area (Å²) in [5.41, 5.74) is 1.13. The third-order valence-electron chi connectivity index (χ3n) is 2.51. The molecule has 0 spiro atoms. The third kappa shape index (κ3) is 5.38. The summed E-state index contributed by atoms with van der Waals surface area (Å²) in [6.45, 7) is 4.66. The topological polar surface area (TPSA) is 0 Å². The normalized spacial score (nSPS) is 19.2. The Bertz CT molecular complexity index is 98.0. The van der Waals surface area contributed by atoms with Gasteiger partial charge in [-0.2, -0.15) is 0 Å². The molecule has 0 aromatic carbocycles. The van der Waals surface area contributed by atoms with Crippen LogP contribution in [0.25, 0.3) is 0 Å². The summed E-state index contributed by atoms with van der Waals surface area (Å²) in [5, 5.41) is 0. The minimum atomic E-state index is 0. The summed E-state index contributed by atoms with van der Waals surface area (Å²) in [7, 11) is 1.28. The van der Waals surface area contributed by atoms with Crippen molar-refractivity contribution in [3.63, 3.8) is 0 Å². The maximum absolute atomic E-state index is 2.33. The molecule has 1 aliphatic carbocycles. The molecule has 0 bridgehead atoms. The van der Waals surface area contributed by atoms with Gasteiger partial charge in [0.05, 0.1) is 0 Å². The van der Waals surface area contributed by atoms with Gasteiger partial charge >= 0.3 is 0 Å². The van der Waals surface area contributed by atoms with Crippen molar-refractivity contribution in [3.8, 4) is 0 Å². The molecule has 1 aliphatic rings. The van der Waals surface area contributed by atoms with Crippen molar-refractivity contribution in [2.24, 2.45) is 5.92 Å². The monoisotopic (exact) mass is 208 g/mol. The Morgan fingerprint density at radius 2 is 1.83 bits per heavy atom. The molecule has 2 heteroatoms. The van der Waals surface area contributed by atoms with E-state index in [1.807, 2.05) is 0 Å². The standard InChI is InChI=1S/C10H21P.ClH/c1-9(2)7-8-11-10-5-3-4-6-10;/h9-11H,3-8H2,1-2H3;1H. The highest BCUT2D eigenvalue weighted by atomic mass is 35.5. The fourth-order valence-electron chi connectivity index (χ4n) is 1.71.